The topological polar surface area (TPSA) is 41.6 Å². The molecule has 1 N–H and O–H groups in total. The number of hydrogen-bond acceptors (Lipinski definition) is 3. The molecule has 0 radical (unpaired) electrons. The maximum Gasteiger partial charge on any atom is 0.226 e. The van der Waals surface area contributed by atoms with Gasteiger partial charge < -0.3 is 10.1 Å². The molecule has 32 heavy (non-hydrogen) atoms. The van der Waals surface area contributed by atoms with E-state index in [-0.39, 0.29) is 11.7 Å². The van der Waals surface area contributed by atoms with E-state index in [0.717, 1.165) is 42.6 Å². The van der Waals surface area contributed by atoms with Crippen LogP contribution in [0.1, 0.15) is 44.6 Å². The lowest BCUT2D eigenvalue weighted by molar-refractivity contribution is -0.136. The average molecular weight is 439 g/mol. The van der Waals surface area contributed by atoms with E-state index in [1.165, 1.54) is 25.3 Å². The van der Waals surface area contributed by atoms with Gasteiger partial charge in [-0.3, -0.25) is 9.69 Å². The predicted octanol–water partition coefficient (Wildman–Crippen LogP) is 4.82. The number of carbonyl (C=O) groups is 1. The molecule has 0 unspecified atom stereocenters. The van der Waals surface area contributed by atoms with E-state index >= 15 is 0 Å². The molecule has 4 nitrogen and oxygen atoms in total. The van der Waals surface area contributed by atoms with Gasteiger partial charge in [0.15, 0.2) is 0 Å². The molecule has 172 valence electrons. The van der Waals surface area contributed by atoms with Crippen LogP contribution in [-0.2, 0) is 16.0 Å². The van der Waals surface area contributed by atoms with Crippen LogP contribution in [0.25, 0.3) is 11.1 Å². The van der Waals surface area contributed by atoms with Crippen molar-refractivity contribution in [3.63, 3.8) is 0 Å². The Hall–Kier alpha value is -2.24. The van der Waals surface area contributed by atoms with E-state index in [2.05, 4.69) is 29.3 Å². The minimum atomic E-state index is -0.452. The van der Waals surface area contributed by atoms with Crippen molar-refractivity contribution in [3.05, 3.63) is 59.9 Å². The van der Waals surface area contributed by atoms with Crippen LogP contribution < -0.4 is 5.32 Å². The van der Waals surface area contributed by atoms with Crippen LogP contribution in [0.3, 0.4) is 0 Å². The summed E-state index contributed by atoms with van der Waals surface area (Å²) in [6.45, 7) is 6.24. The quantitative estimate of drug-likeness (QED) is 0.674. The molecule has 1 atom stereocenters. The summed E-state index contributed by atoms with van der Waals surface area (Å²) in [5.41, 5.74) is 2.48. The number of nitrogens with one attached hydrogen (secondary N) is 1. The highest BCUT2D eigenvalue weighted by atomic mass is 19.1. The average Bonchev–Trinajstić information content (AvgIpc) is 2.81. The highest BCUT2D eigenvalue weighted by Crippen LogP contribution is 2.35. The standard InChI is InChI=1S/C27H35FN2O2/c1-21-6-2-3-14-30(21)15-13-29-26(31)27(11-16-32-17-12-27)20-22-7-4-8-23(18-22)24-9-5-10-25(28)19-24/h4-5,7-10,18-19,21H,2-3,6,11-17,20H2,1H3,(H,29,31)/t21-/m0/s1. The Bertz CT molecular complexity index is 910. The molecule has 0 aliphatic carbocycles. The van der Waals surface area contributed by atoms with Gasteiger partial charge in [0.2, 0.25) is 5.91 Å². The number of rotatable bonds is 7. The zero-order valence-corrected chi connectivity index (χ0v) is 19.1. The molecule has 2 aliphatic heterocycles. The number of hydrogen-bond donors (Lipinski definition) is 1. The number of likely N-dealkylation sites (tertiary alicyclic amines) is 1. The van der Waals surface area contributed by atoms with E-state index < -0.39 is 5.41 Å². The Balaban J connectivity index is 1.44. The van der Waals surface area contributed by atoms with Crippen LogP contribution in [0.15, 0.2) is 48.5 Å². The van der Waals surface area contributed by atoms with Crippen molar-refractivity contribution in [1.82, 2.24) is 10.2 Å². The first kappa shape index (κ1) is 22.9. The first-order valence-corrected chi connectivity index (χ1v) is 12.0. The predicted molar refractivity (Wildman–Crippen MR) is 126 cm³/mol. The number of carbonyl (C=O) groups excluding carboxylic acids is 1. The lowest BCUT2D eigenvalue weighted by atomic mass is 9.74. The van der Waals surface area contributed by atoms with E-state index in [0.29, 0.717) is 32.2 Å². The number of amides is 1. The third kappa shape index (κ3) is 5.57. The number of ether oxygens (including phenoxy) is 1. The second-order valence-corrected chi connectivity index (χ2v) is 9.42. The van der Waals surface area contributed by atoms with Gasteiger partial charge in [-0.1, -0.05) is 42.8 Å². The van der Waals surface area contributed by atoms with Crippen molar-refractivity contribution in [1.29, 1.82) is 0 Å². The number of benzene rings is 2. The van der Waals surface area contributed by atoms with Crippen molar-refractivity contribution < 1.29 is 13.9 Å². The van der Waals surface area contributed by atoms with Gasteiger partial charge in [-0.25, -0.2) is 4.39 Å². The first-order valence-electron chi connectivity index (χ1n) is 12.0. The number of nitrogens with zero attached hydrogens (tertiary/aromatic N) is 1. The van der Waals surface area contributed by atoms with Crippen molar-refractivity contribution in [2.45, 2.75) is 51.5 Å². The Morgan fingerprint density at radius 1 is 1.12 bits per heavy atom. The highest BCUT2D eigenvalue weighted by molar-refractivity contribution is 5.83. The molecular formula is C27H35FN2O2. The molecule has 0 bridgehead atoms. The van der Waals surface area contributed by atoms with E-state index in [4.69, 9.17) is 4.74 Å². The molecular weight excluding hydrogens is 403 g/mol. The van der Waals surface area contributed by atoms with Crippen LogP contribution in [0.5, 0.6) is 0 Å². The summed E-state index contributed by atoms with van der Waals surface area (Å²) in [6.07, 6.45) is 5.93. The number of halogens is 1. The van der Waals surface area contributed by atoms with Gasteiger partial charge in [0.05, 0.1) is 5.41 Å². The largest absolute Gasteiger partial charge is 0.381 e. The molecule has 0 spiro atoms. The summed E-state index contributed by atoms with van der Waals surface area (Å²) < 4.78 is 19.3. The summed E-state index contributed by atoms with van der Waals surface area (Å²) in [6, 6.07) is 15.4. The van der Waals surface area contributed by atoms with E-state index in [9.17, 15) is 9.18 Å². The van der Waals surface area contributed by atoms with Gasteiger partial charge >= 0.3 is 0 Å². The van der Waals surface area contributed by atoms with Crippen molar-refractivity contribution in [2.24, 2.45) is 5.41 Å². The van der Waals surface area contributed by atoms with Gasteiger partial charge in [-0.05, 0) is 74.4 Å². The SMILES string of the molecule is C[C@H]1CCCCN1CCNC(=O)C1(Cc2cccc(-c3cccc(F)c3)c2)CCOCC1. The zero-order chi connectivity index (χ0) is 22.4. The minimum absolute atomic E-state index is 0.140. The minimum Gasteiger partial charge on any atom is -0.381 e. The fraction of sp³-hybridized carbons (Fsp3) is 0.519. The maximum atomic E-state index is 13.7. The molecule has 2 heterocycles. The van der Waals surface area contributed by atoms with Crippen LogP contribution in [-0.4, -0.2) is 49.7 Å². The first-order chi connectivity index (χ1) is 15.6. The van der Waals surface area contributed by atoms with Crippen LogP contribution >= 0.6 is 0 Å². The molecule has 1 amide bonds. The van der Waals surface area contributed by atoms with Crippen LogP contribution in [0, 0.1) is 11.2 Å². The molecule has 2 fully saturated rings. The number of piperidine rings is 1. The molecule has 2 saturated heterocycles. The summed E-state index contributed by atoms with van der Waals surface area (Å²) in [5, 5.41) is 3.25. The monoisotopic (exact) mass is 438 g/mol. The normalized spacial score (nSPS) is 21.2. The second kappa shape index (κ2) is 10.6. The summed E-state index contributed by atoms with van der Waals surface area (Å²) in [4.78, 5) is 15.9. The third-order valence-electron chi connectivity index (χ3n) is 7.18. The molecule has 2 aromatic rings. The van der Waals surface area contributed by atoms with Crippen LogP contribution in [0.4, 0.5) is 4.39 Å². The van der Waals surface area contributed by atoms with E-state index in [1.807, 2.05) is 18.2 Å². The van der Waals surface area contributed by atoms with Gasteiger partial charge in [-0.2, -0.15) is 0 Å². The molecule has 5 heteroatoms. The molecule has 4 rings (SSSR count). The summed E-state index contributed by atoms with van der Waals surface area (Å²) in [5.74, 6) is -0.0992. The van der Waals surface area contributed by atoms with Crippen molar-refractivity contribution in [3.8, 4) is 11.1 Å². The lowest BCUT2D eigenvalue weighted by Crippen LogP contribution is -2.49. The fourth-order valence-electron chi connectivity index (χ4n) is 5.16. The summed E-state index contributed by atoms with van der Waals surface area (Å²) in [7, 11) is 0. The Morgan fingerprint density at radius 3 is 2.62 bits per heavy atom. The Kier molecular flexibility index (Phi) is 7.59. The maximum absolute atomic E-state index is 13.7. The van der Waals surface area contributed by atoms with Crippen molar-refractivity contribution in [2.75, 3.05) is 32.8 Å². The molecule has 2 aromatic carbocycles. The molecule has 2 aliphatic rings. The Morgan fingerprint density at radius 2 is 1.88 bits per heavy atom. The van der Waals surface area contributed by atoms with Crippen LogP contribution in [0.2, 0.25) is 0 Å². The van der Waals surface area contributed by atoms with E-state index in [1.54, 1.807) is 12.1 Å². The van der Waals surface area contributed by atoms with Gasteiger partial charge in [-0.15, -0.1) is 0 Å². The smallest absolute Gasteiger partial charge is 0.226 e. The summed E-state index contributed by atoms with van der Waals surface area (Å²) >= 11 is 0. The molecule has 0 saturated carbocycles. The van der Waals surface area contributed by atoms with Gasteiger partial charge in [0.25, 0.3) is 0 Å². The third-order valence-corrected chi connectivity index (χ3v) is 7.18. The molecule has 0 aromatic heterocycles. The fourth-order valence-corrected chi connectivity index (χ4v) is 5.16. The van der Waals surface area contributed by atoms with Crippen molar-refractivity contribution >= 4 is 5.91 Å². The van der Waals surface area contributed by atoms with Gasteiger partial charge in [0, 0.05) is 32.3 Å². The highest BCUT2D eigenvalue weighted by Gasteiger charge is 2.40. The zero-order valence-electron chi connectivity index (χ0n) is 19.1. The second-order valence-electron chi connectivity index (χ2n) is 9.42. The Labute approximate surface area is 191 Å². The lowest BCUT2D eigenvalue weighted by Gasteiger charge is -2.37. The van der Waals surface area contributed by atoms with Gasteiger partial charge in [0.1, 0.15) is 5.82 Å².